The molecule has 0 saturated carbocycles. The summed E-state index contributed by atoms with van der Waals surface area (Å²) in [6, 6.07) is 18.7. The van der Waals surface area contributed by atoms with E-state index in [0.717, 1.165) is 22.0 Å². The van der Waals surface area contributed by atoms with E-state index in [9.17, 15) is 33.9 Å². The number of benzene rings is 3. The van der Waals surface area contributed by atoms with Crippen molar-refractivity contribution >= 4 is 59.0 Å². The van der Waals surface area contributed by atoms with Crippen LogP contribution < -0.4 is 32.3 Å². The fourth-order valence-corrected chi connectivity index (χ4v) is 6.35. The topological polar surface area (TPSA) is 225 Å². The van der Waals surface area contributed by atoms with Gasteiger partial charge in [-0.05, 0) is 42.0 Å². The number of fused-ring (bicyclic) bond motifs is 1. The minimum absolute atomic E-state index is 0.0405. The first-order valence-corrected chi connectivity index (χ1v) is 19.2. The molecule has 7 atom stereocenters. The van der Waals surface area contributed by atoms with Crippen LogP contribution in [0.25, 0.3) is 10.9 Å². The summed E-state index contributed by atoms with van der Waals surface area (Å²) in [7, 11) is 0. The Bertz CT molecular complexity index is 1960. The predicted molar refractivity (Wildman–Crippen MR) is 217 cm³/mol. The molecule has 56 heavy (non-hydrogen) atoms. The number of carboxylic acids is 1. The Kier molecular flexibility index (Phi) is 16.0. The largest absolute Gasteiger partial charge is 0.480 e. The second-order valence-corrected chi connectivity index (χ2v) is 14.2. The summed E-state index contributed by atoms with van der Waals surface area (Å²) in [4.78, 5) is 82.7. The van der Waals surface area contributed by atoms with Crippen LogP contribution in [0.5, 0.6) is 0 Å². The van der Waals surface area contributed by atoms with Crippen molar-refractivity contribution in [2.24, 2.45) is 11.7 Å². The van der Waals surface area contributed by atoms with E-state index in [1.807, 2.05) is 44.2 Å². The van der Waals surface area contributed by atoms with Crippen molar-refractivity contribution in [2.75, 3.05) is 5.75 Å². The number of carbonyl (C=O) groups is 6. The first kappa shape index (κ1) is 43.1. The van der Waals surface area contributed by atoms with Crippen molar-refractivity contribution in [3.63, 3.8) is 0 Å². The number of nitrogens with one attached hydrogen (secondary N) is 6. The molecule has 14 nitrogen and oxygen atoms in total. The van der Waals surface area contributed by atoms with Gasteiger partial charge in [-0.1, -0.05) is 99.1 Å². The standard InChI is InChI=1S/C41H51N7O7S/c1-4-24(2)35(48-37(50)30(42)21-28-22-43-31-18-12-11-17-29(28)31)40(53)46-32(19-26-13-7-5-8-14-26)38(51)44-25(3)36(49)45-33(20-27-15-9-6-10-16-27)39(52)47-34(23-56)41(54)55/h5-18,22,24-25,30,32-35,43,56H,4,19-21,23,42H2,1-3H3,(H,44,51)(H,45,49)(H,46,53)(H,47,52)(H,48,50)(H,54,55)/t24-,25-,30-,32-,33-,34-,35-/m0/s1. The molecule has 4 aromatic rings. The van der Waals surface area contributed by atoms with Gasteiger partial charge in [-0.25, -0.2) is 4.79 Å². The number of aromatic amines is 1. The highest BCUT2D eigenvalue weighted by atomic mass is 32.1. The molecule has 15 heteroatoms. The SMILES string of the molecule is CC[C@H](C)[C@H](NC(=O)[C@@H](N)Cc1c[nH]c2ccccc12)C(=O)N[C@@H](Cc1ccccc1)C(=O)N[C@@H](C)C(=O)N[C@@H](Cc1ccccc1)C(=O)N[C@@H](CS)C(=O)O. The summed E-state index contributed by atoms with van der Waals surface area (Å²) in [6.45, 7) is 5.12. The van der Waals surface area contributed by atoms with Gasteiger partial charge in [-0.15, -0.1) is 0 Å². The molecular formula is C41H51N7O7S. The van der Waals surface area contributed by atoms with Crippen molar-refractivity contribution in [1.29, 1.82) is 0 Å². The van der Waals surface area contributed by atoms with Crippen LogP contribution in [0.1, 0.15) is 43.9 Å². The number of aromatic nitrogens is 1. The van der Waals surface area contributed by atoms with Crippen LogP contribution >= 0.6 is 12.6 Å². The summed E-state index contributed by atoms with van der Waals surface area (Å²) in [5.41, 5.74) is 9.56. The van der Waals surface area contributed by atoms with E-state index < -0.39 is 71.8 Å². The highest BCUT2D eigenvalue weighted by Crippen LogP contribution is 2.19. The number of para-hydroxylation sites is 1. The minimum atomic E-state index is -1.29. The first-order valence-electron chi connectivity index (χ1n) is 18.5. The van der Waals surface area contributed by atoms with Crippen LogP contribution in [0, 0.1) is 5.92 Å². The Labute approximate surface area is 331 Å². The van der Waals surface area contributed by atoms with Crippen molar-refractivity contribution in [3.05, 3.63) is 108 Å². The maximum atomic E-state index is 14.0. The zero-order chi connectivity index (χ0) is 40.8. The van der Waals surface area contributed by atoms with Crippen LogP contribution in [0.3, 0.4) is 0 Å². The van der Waals surface area contributed by atoms with Crippen LogP contribution in [0.2, 0.25) is 0 Å². The molecule has 0 fully saturated rings. The summed E-state index contributed by atoms with van der Waals surface area (Å²) < 4.78 is 0. The number of H-pyrrole nitrogens is 1. The number of aliphatic carboxylic acids is 1. The Morgan fingerprint density at radius 2 is 1.18 bits per heavy atom. The smallest absolute Gasteiger partial charge is 0.327 e. The van der Waals surface area contributed by atoms with Crippen molar-refractivity contribution in [3.8, 4) is 0 Å². The Hall–Kier alpha value is -5.67. The van der Waals surface area contributed by atoms with Gasteiger partial charge in [-0.2, -0.15) is 12.6 Å². The Morgan fingerprint density at radius 1 is 0.661 bits per heavy atom. The van der Waals surface area contributed by atoms with Gasteiger partial charge in [0, 0.05) is 35.7 Å². The third-order valence-electron chi connectivity index (χ3n) is 9.63. The molecule has 0 aliphatic heterocycles. The van der Waals surface area contributed by atoms with Gasteiger partial charge < -0.3 is 42.4 Å². The number of rotatable bonds is 20. The third-order valence-corrected chi connectivity index (χ3v) is 9.99. The summed E-state index contributed by atoms with van der Waals surface area (Å²) in [5.74, 6) is -5.05. The maximum absolute atomic E-state index is 14.0. The molecule has 0 spiro atoms. The lowest BCUT2D eigenvalue weighted by atomic mass is 9.96. The number of amides is 5. The molecule has 5 amide bonds. The molecular weight excluding hydrogens is 735 g/mol. The van der Waals surface area contributed by atoms with E-state index in [2.05, 4.69) is 44.2 Å². The fourth-order valence-electron chi connectivity index (χ4n) is 6.11. The van der Waals surface area contributed by atoms with Crippen LogP contribution in [0.15, 0.2) is 91.1 Å². The van der Waals surface area contributed by atoms with Crippen molar-refractivity contribution < 1.29 is 33.9 Å². The van der Waals surface area contributed by atoms with E-state index >= 15 is 0 Å². The molecule has 0 radical (unpaired) electrons. The van der Waals surface area contributed by atoms with Crippen molar-refractivity contribution in [2.45, 2.75) is 82.7 Å². The van der Waals surface area contributed by atoms with Gasteiger partial charge in [0.05, 0.1) is 6.04 Å². The zero-order valence-corrected chi connectivity index (χ0v) is 32.6. The van der Waals surface area contributed by atoms with Crippen LogP contribution in [0.4, 0.5) is 0 Å². The summed E-state index contributed by atoms with van der Waals surface area (Å²) in [5, 5.41) is 23.7. The first-order chi connectivity index (χ1) is 26.8. The lowest BCUT2D eigenvalue weighted by Crippen LogP contribution is -2.60. The lowest BCUT2D eigenvalue weighted by Gasteiger charge is -2.28. The van der Waals surface area contributed by atoms with E-state index in [1.54, 1.807) is 60.8 Å². The summed E-state index contributed by atoms with van der Waals surface area (Å²) in [6.07, 6.45) is 2.67. The summed E-state index contributed by atoms with van der Waals surface area (Å²) >= 11 is 4.01. The normalized spacial score (nSPS) is 14.9. The highest BCUT2D eigenvalue weighted by Gasteiger charge is 2.33. The molecule has 9 N–H and O–H groups in total. The fraction of sp³-hybridized carbons (Fsp3) is 0.366. The van der Waals surface area contributed by atoms with Gasteiger partial charge in [-0.3, -0.25) is 24.0 Å². The van der Waals surface area contributed by atoms with Gasteiger partial charge in [0.15, 0.2) is 0 Å². The number of carbonyl (C=O) groups excluding carboxylic acids is 5. The number of nitrogens with two attached hydrogens (primary N) is 1. The molecule has 0 bridgehead atoms. The van der Waals surface area contributed by atoms with E-state index in [1.165, 1.54) is 6.92 Å². The molecule has 3 aromatic carbocycles. The van der Waals surface area contributed by atoms with E-state index in [4.69, 9.17) is 5.73 Å². The molecule has 0 unspecified atom stereocenters. The quantitative estimate of drug-likeness (QED) is 0.0602. The molecule has 1 aromatic heterocycles. The number of hydrogen-bond donors (Lipinski definition) is 9. The maximum Gasteiger partial charge on any atom is 0.327 e. The van der Waals surface area contributed by atoms with E-state index in [0.29, 0.717) is 12.0 Å². The van der Waals surface area contributed by atoms with Gasteiger partial charge in [0.2, 0.25) is 29.5 Å². The third kappa shape index (κ3) is 12.2. The molecule has 0 aliphatic carbocycles. The average molecular weight is 786 g/mol. The predicted octanol–water partition coefficient (Wildman–Crippen LogP) is 2.03. The van der Waals surface area contributed by atoms with Gasteiger partial charge in [0.25, 0.3) is 0 Å². The zero-order valence-electron chi connectivity index (χ0n) is 31.7. The van der Waals surface area contributed by atoms with Crippen LogP contribution in [-0.2, 0) is 48.0 Å². The number of hydrogen-bond acceptors (Lipinski definition) is 8. The second-order valence-electron chi connectivity index (χ2n) is 13.9. The number of carboxylic acid groups (broad SMARTS) is 1. The molecule has 0 aliphatic rings. The van der Waals surface area contributed by atoms with Gasteiger partial charge >= 0.3 is 5.97 Å². The van der Waals surface area contributed by atoms with Crippen LogP contribution in [-0.4, -0.2) is 87.6 Å². The molecule has 0 saturated heterocycles. The number of thiol groups is 1. The van der Waals surface area contributed by atoms with E-state index in [-0.39, 0.29) is 30.9 Å². The molecule has 4 rings (SSSR count). The van der Waals surface area contributed by atoms with Crippen molar-refractivity contribution in [1.82, 2.24) is 31.6 Å². The minimum Gasteiger partial charge on any atom is -0.480 e. The highest BCUT2D eigenvalue weighted by molar-refractivity contribution is 7.80. The Balaban J connectivity index is 1.48. The Morgan fingerprint density at radius 3 is 1.73 bits per heavy atom. The monoisotopic (exact) mass is 785 g/mol. The molecule has 1 heterocycles. The second kappa shape index (κ2) is 20.9. The van der Waals surface area contributed by atoms with Gasteiger partial charge in [0.1, 0.15) is 30.2 Å². The average Bonchev–Trinajstić information content (AvgIpc) is 3.60. The lowest BCUT2D eigenvalue weighted by molar-refractivity contribution is -0.141. The molecule has 298 valence electrons.